The fraction of sp³-hybridized carbons (Fsp3) is 0.294. The van der Waals surface area contributed by atoms with E-state index in [-0.39, 0.29) is 6.10 Å². The van der Waals surface area contributed by atoms with Gasteiger partial charge in [0.25, 0.3) is 0 Å². The van der Waals surface area contributed by atoms with Gasteiger partial charge in [-0.1, -0.05) is 65.3 Å². The minimum absolute atomic E-state index is 0.0112. The maximum Gasteiger partial charge on any atom is 0.108 e. The van der Waals surface area contributed by atoms with Crippen molar-refractivity contribution in [3.8, 4) is 0 Å². The largest absolute Gasteiger partial charge is 0.367 e. The van der Waals surface area contributed by atoms with Crippen LogP contribution in [0.2, 0.25) is 0 Å². The van der Waals surface area contributed by atoms with Crippen LogP contribution < -0.4 is 5.32 Å². The van der Waals surface area contributed by atoms with Gasteiger partial charge in [-0.3, -0.25) is 0 Å². The molecule has 0 bridgehead atoms. The fourth-order valence-corrected chi connectivity index (χ4v) is 2.34. The summed E-state index contributed by atoms with van der Waals surface area (Å²) < 4.78 is 7.16. The Balaban J connectivity index is 2.13. The molecular formula is C17H20BrNO. The number of hydrogen-bond donors (Lipinski definition) is 1. The van der Waals surface area contributed by atoms with E-state index < -0.39 is 0 Å². The van der Waals surface area contributed by atoms with Crippen molar-refractivity contribution in [3.63, 3.8) is 0 Å². The van der Waals surface area contributed by atoms with Crippen LogP contribution in [0.1, 0.15) is 24.2 Å². The van der Waals surface area contributed by atoms with E-state index >= 15 is 0 Å². The Labute approximate surface area is 129 Å². The molecule has 0 amide bonds. The van der Waals surface area contributed by atoms with Crippen LogP contribution >= 0.6 is 15.9 Å². The standard InChI is InChI=1S/C17H20BrNO/c1-2-19-12-13-20-17(14-6-4-3-5-7-14)15-8-10-16(18)11-9-15/h3-11,17,19H,2,12-13H2,1H3/t17-/m0/s1. The van der Waals surface area contributed by atoms with E-state index in [2.05, 4.69) is 76.7 Å². The van der Waals surface area contributed by atoms with Crippen LogP contribution in [-0.2, 0) is 4.74 Å². The number of ether oxygens (including phenoxy) is 1. The number of halogens is 1. The quantitative estimate of drug-likeness (QED) is 0.768. The van der Waals surface area contributed by atoms with E-state index in [1.165, 1.54) is 11.1 Å². The summed E-state index contributed by atoms with van der Waals surface area (Å²) in [7, 11) is 0. The Morgan fingerprint density at radius 1 is 1.00 bits per heavy atom. The number of hydrogen-bond acceptors (Lipinski definition) is 2. The van der Waals surface area contributed by atoms with Gasteiger partial charge in [0.05, 0.1) is 6.61 Å². The van der Waals surface area contributed by atoms with Crippen LogP contribution in [0.5, 0.6) is 0 Å². The molecule has 1 atom stereocenters. The first-order valence-corrected chi connectivity index (χ1v) is 7.73. The molecule has 0 saturated heterocycles. The highest BCUT2D eigenvalue weighted by Gasteiger charge is 2.14. The molecule has 2 aromatic rings. The van der Waals surface area contributed by atoms with Crippen LogP contribution in [0.15, 0.2) is 59.1 Å². The summed E-state index contributed by atoms with van der Waals surface area (Å²) in [6, 6.07) is 18.7. The van der Waals surface area contributed by atoms with Crippen LogP contribution in [0.3, 0.4) is 0 Å². The van der Waals surface area contributed by atoms with E-state index in [1.54, 1.807) is 0 Å². The first-order valence-electron chi connectivity index (χ1n) is 6.94. The molecule has 20 heavy (non-hydrogen) atoms. The second kappa shape index (κ2) is 8.20. The van der Waals surface area contributed by atoms with Crippen molar-refractivity contribution in [2.75, 3.05) is 19.7 Å². The summed E-state index contributed by atoms with van der Waals surface area (Å²) in [5.41, 5.74) is 2.36. The fourth-order valence-electron chi connectivity index (χ4n) is 2.08. The molecule has 2 rings (SSSR count). The number of nitrogens with one attached hydrogen (secondary N) is 1. The Morgan fingerprint density at radius 3 is 2.30 bits per heavy atom. The molecule has 0 aliphatic rings. The summed E-state index contributed by atoms with van der Waals surface area (Å²) in [5.74, 6) is 0. The Bertz CT molecular complexity index is 498. The SMILES string of the molecule is CCNCCO[C@@H](c1ccccc1)c1ccc(Br)cc1. The van der Waals surface area contributed by atoms with Crippen molar-refractivity contribution in [1.82, 2.24) is 5.32 Å². The smallest absolute Gasteiger partial charge is 0.108 e. The highest BCUT2D eigenvalue weighted by molar-refractivity contribution is 9.10. The lowest BCUT2D eigenvalue weighted by Crippen LogP contribution is -2.20. The van der Waals surface area contributed by atoms with Gasteiger partial charge in [0.2, 0.25) is 0 Å². The minimum atomic E-state index is -0.0112. The molecule has 1 N–H and O–H groups in total. The summed E-state index contributed by atoms with van der Waals surface area (Å²) in [6.45, 7) is 4.64. The second-order valence-electron chi connectivity index (χ2n) is 4.57. The summed E-state index contributed by atoms with van der Waals surface area (Å²) in [5, 5.41) is 3.28. The molecule has 0 fully saturated rings. The average Bonchev–Trinajstić information content (AvgIpc) is 2.50. The Hall–Kier alpha value is -1.16. The van der Waals surface area contributed by atoms with Gasteiger partial charge in [-0.25, -0.2) is 0 Å². The molecule has 2 nitrogen and oxygen atoms in total. The number of likely N-dealkylation sites (N-methyl/N-ethyl adjacent to an activating group) is 1. The number of rotatable bonds is 7. The lowest BCUT2D eigenvalue weighted by molar-refractivity contribution is 0.0824. The van der Waals surface area contributed by atoms with Crippen molar-refractivity contribution in [3.05, 3.63) is 70.2 Å². The van der Waals surface area contributed by atoms with Gasteiger partial charge in [0.1, 0.15) is 6.10 Å². The van der Waals surface area contributed by atoms with Gasteiger partial charge in [-0.2, -0.15) is 0 Å². The van der Waals surface area contributed by atoms with Crippen LogP contribution in [-0.4, -0.2) is 19.7 Å². The molecule has 0 radical (unpaired) electrons. The van der Waals surface area contributed by atoms with Gasteiger partial charge in [0.15, 0.2) is 0 Å². The van der Waals surface area contributed by atoms with Gasteiger partial charge < -0.3 is 10.1 Å². The van der Waals surface area contributed by atoms with E-state index in [1.807, 2.05) is 6.07 Å². The zero-order valence-corrected chi connectivity index (χ0v) is 13.3. The second-order valence-corrected chi connectivity index (χ2v) is 5.48. The summed E-state index contributed by atoms with van der Waals surface area (Å²) in [6.07, 6.45) is -0.0112. The van der Waals surface area contributed by atoms with Crippen molar-refractivity contribution in [2.24, 2.45) is 0 Å². The average molecular weight is 334 g/mol. The zero-order chi connectivity index (χ0) is 14.2. The van der Waals surface area contributed by atoms with E-state index in [0.29, 0.717) is 6.61 Å². The third-order valence-electron chi connectivity index (χ3n) is 3.09. The topological polar surface area (TPSA) is 21.3 Å². The maximum absolute atomic E-state index is 6.08. The van der Waals surface area contributed by atoms with Crippen molar-refractivity contribution < 1.29 is 4.74 Å². The predicted octanol–water partition coefficient (Wildman–Crippen LogP) is 4.16. The molecular weight excluding hydrogens is 314 g/mol. The lowest BCUT2D eigenvalue weighted by atomic mass is 10.0. The molecule has 2 aromatic carbocycles. The molecule has 0 unspecified atom stereocenters. The van der Waals surface area contributed by atoms with E-state index in [9.17, 15) is 0 Å². The third-order valence-corrected chi connectivity index (χ3v) is 3.62. The number of benzene rings is 2. The van der Waals surface area contributed by atoms with E-state index in [4.69, 9.17) is 4.74 Å². The third kappa shape index (κ3) is 4.44. The van der Waals surface area contributed by atoms with Crippen molar-refractivity contribution in [2.45, 2.75) is 13.0 Å². The Kier molecular flexibility index (Phi) is 6.25. The monoisotopic (exact) mass is 333 g/mol. The van der Waals surface area contributed by atoms with Gasteiger partial charge >= 0.3 is 0 Å². The van der Waals surface area contributed by atoms with Gasteiger partial charge in [-0.05, 0) is 29.8 Å². The van der Waals surface area contributed by atoms with Crippen LogP contribution in [0, 0.1) is 0 Å². The van der Waals surface area contributed by atoms with Gasteiger partial charge in [-0.15, -0.1) is 0 Å². The molecule has 0 aliphatic carbocycles. The van der Waals surface area contributed by atoms with Crippen LogP contribution in [0.4, 0.5) is 0 Å². The highest BCUT2D eigenvalue weighted by atomic mass is 79.9. The molecule has 0 saturated carbocycles. The lowest BCUT2D eigenvalue weighted by Gasteiger charge is -2.19. The maximum atomic E-state index is 6.08. The summed E-state index contributed by atoms with van der Waals surface area (Å²) in [4.78, 5) is 0. The van der Waals surface area contributed by atoms with Crippen molar-refractivity contribution >= 4 is 15.9 Å². The first-order chi connectivity index (χ1) is 9.81. The van der Waals surface area contributed by atoms with Crippen molar-refractivity contribution in [1.29, 1.82) is 0 Å². The molecule has 0 aromatic heterocycles. The van der Waals surface area contributed by atoms with E-state index in [0.717, 1.165) is 17.6 Å². The summed E-state index contributed by atoms with van der Waals surface area (Å²) >= 11 is 3.47. The first kappa shape index (κ1) is 15.2. The highest BCUT2D eigenvalue weighted by Crippen LogP contribution is 2.26. The normalized spacial score (nSPS) is 12.3. The van der Waals surface area contributed by atoms with Gasteiger partial charge in [0, 0.05) is 11.0 Å². The zero-order valence-electron chi connectivity index (χ0n) is 11.7. The molecule has 0 spiro atoms. The molecule has 3 heteroatoms. The molecule has 106 valence electrons. The minimum Gasteiger partial charge on any atom is -0.367 e. The predicted molar refractivity (Wildman–Crippen MR) is 86.9 cm³/mol. The molecule has 0 aliphatic heterocycles. The Morgan fingerprint density at radius 2 is 1.65 bits per heavy atom. The molecule has 0 heterocycles. The van der Waals surface area contributed by atoms with Crippen LogP contribution in [0.25, 0.3) is 0 Å².